The number of halogens is 2. The summed E-state index contributed by atoms with van der Waals surface area (Å²) in [5.74, 6) is -0.505. The number of primary amides is 1. The molecule has 2 aromatic rings. The summed E-state index contributed by atoms with van der Waals surface area (Å²) in [5.41, 5.74) is 6.37. The molecule has 2 rings (SSSR count). The monoisotopic (exact) mass is 367 g/mol. The minimum absolute atomic E-state index is 0.0857. The fourth-order valence-electron chi connectivity index (χ4n) is 2.02. The lowest BCUT2D eigenvalue weighted by atomic mass is 10.1. The van der Waals surface area contributed by atoms with Crippen LogP contribution in [0.3, 0.4) is 0 Å². The zero-order chi connectivity index (χ0) is 17.7. The van der Waals surface area contributed by atoms with Gasteiger partial charge in [-0.3, -0.25) is 9.59 Å². The number of nitrogens with two attached hydrogens (primary N) is 1. The van der Waals surface area contributed by atoms with Gasteiger partial charge in [-0.15, -0.1) is 0 Å². The van der Waals surface area contributed by atoms with Gasteiger partial charge >= 0.3 is 0 Å². The summed E-state index contributed by atoms with van der Waals surface area (Å²) in [6.45, 7) is -0.0857. The molecule has 6 nitrogen and oxygen atoms in total. The lowest BCUT2D eigenvalue weighted by Gasteiger charge is -2.13. The molecule has 0 bridgehead atoms. The van der Waals surface area contributed by atoms with E-state index in [2.05, 4.69) is 10.6 Å². The number of nitrogens with one attached hydrogen (secondary N) is 2. The van der Waals surface area contributed by atoms with Crippen molar-refractivity contribution in [2.24, 2.45) is 5.73 Å². The Morgan fingerprint density at radius 1 is 1.08 bits per heavy atom. The zero-order valence-electron chi connectivity index (χ0n) is 12.7. The summed E-state index contributed by atoms with van der Waals surface area (Å²) in [6, 6.07) is 9.49. The van der Waals surface area contributed by atoms with Gasteiger partial charge in [0.15, 0.2) is 0 Å². The van der Waals surface area contributed by atoms with Crippen LogP contribution in [0.5, 0.6) is 5.75 Å². The summed E-state index contributed by atoms with van der Waals surface area (Å²) in [5, 5.41) is 6.37. The highest BCUT2D eigenvalue weighted by Gasteiger charge is 2.12. The number of methoxy groups -OCH3 is 1. The Balaban J connectivity index is 2.07. The Kier molecular flexibility index (Phi) is 5.89. The maximum absolute atomic E-state index is 12.1. The van der Waals surface area contributed by atoms with E-state index in [1.807, 2.05) is 0 Å². The molecule has 0 radical (unpaired) electrons. The topological polar surface area (TPSA) is 93.4 Å². The second-order valence-electron chi connectivity index (χ2n) is 4.80. The highest BCUT2D eigenvalue weighted by Crippen LogP contribution is 2.27. The highest BCUT2D eigenvalue weighted by atomic mass is 35.5. The number of rotatable bonds is 6. The van der Waals surface area contributed by atoms with Gasteiger partial charge in [-0.1, -0.05) is 23.2 Å². The summed E-state index contributed by atoms with van der Waals surface area (Å²) in [6.07, 6.45) is 0. The smallest absolute Gasteiger partial charge is 0.250 e. The van der Waals surface area contributed by atoms with E-state index in [4.69, 9.17) is 33.7 Å². The number of amides is 2. The predicted molar refractivity (Wildman–Crippen MR) is 95.1 cm³/mol. The fraction of sp³-hybridized carbons (Fsp3) is 0.125. The van der Waals surface area contributed by atoms with Crippen LogP contribution in [0, 0.1) is 0 Å². The number of carbonyl (C=O) groups is 2. The number of benzene rings is 2. The lowest BCUT2D eigenvalue weighted by Crippen LogP contribution is -2.23. The molecule has 24 heavy (non-hydrogen) atoms. The standard InChI is InChI=1S/C16H15Cl2N3O3/c1-24-14-5-3-10(18)7-13(14)21-15(22)8-20-12-4-2-9(17)6-11(12)16(19)23/h2-7,20H,8H2,1H3,(H2,19,23)(H,21,22). The van der Waals surface area contributed by atoms with Crippen LogP contribution in [0.4, 0.5) is 11.4 Å². The van der Waals surface area contributed by atoms with E-state index in [9.17, 15) is 9.59 Å². The molecule has 0 fully saturated rings. The van der Waals surface area contributed by atoms with E-state index in [0.717, 1.165) is 0 Å². The number of hydrogen-bond donors (Lipinski definition) is 3. The van der Waals surface area contributed by atoms with Crippen molar-refractivity contribution in [3.8, 4) is 5.75 Å². The predicted octanol–water partition coefficient (Wildman–Crippen LogP) is 3.15. The second kappa shape index (κ2) is 7.90. The largest absolute Gasteiger partial charge is 0.495 e. The van der Waals surface area contributed by atoms with E-state index >= 15 is 0 Å². The van der Waals surface area contributed by atoms with E-state index in [0.29, 0.717) is 27.2 Å². The summed E-state index contributed by atoms with van der Waals surface area (Å²) >= 11 is 11.8. The van der Waals surface area contributed by atoms with Gasteiger partial charge < -0.3 is 21.1 Å². The van der Waals surface area contributed by atoms with Gasteiger partial charge in [-0.25, -0.2) is 0 Å². The molecule has 0 spiro atoms. The molecule has 0 aliphatic heterocycles. The molecule has 0 aromatic heterocycles. The minimum Gasteiger partial charge on any atom is -0.495 e. The fourth-order valence-corrected chi connectivity index (χ4v) is 2.37. The molecule has 0 unspecified atom stereocenters. The van der Waals surface area contributed by atoms with Crippen molar-refractivity contribution in [3.05, 3.63) is 52.0 Å². The van der Waals surface area contributed by atoms with Crippen LogP contribution < -0.4 is 21.1 Å². The first kappa shape index (κ1) is 17.9. The van der Waals surface area contributed by atoms with E-state index in [-0.39, 0.29) is 18.0 Å². The minimum atomic E-state index is -0.642. The Morgan fingerprint density at radius 2 is 1.75 bits per heavy atom. The molecule has 0 saturated heterocycles. The quantitative estimate of drug-likeness (QED) is 0.730. The molecule has 4 N–H and O–H groups in total. The van der Waals surface area contributed by atoms with Crippen molar-refractivity contribution in [3.63, 3.8) is 0 Å². The van der Waals surface area contributed by atoms with Crippen LogP contribution in [0.25, 0.3) is 0 Å². The van der Waals surface area contributed by atoms with Crippen LogP contribution in [0.1, 0.15) is 10.4 Å². The van der Waals surface area contributed by atoms with Crippen LogP contribution in [0.15, 0.2) is 36.4 Å². The van der Waals surface area contributed by atoms with Crippen LogP contribution in [-0.2, 0) is 4.79 Å². The molecular weight excluding hydrogens is 353 g/mol. The van der Waals surface area contributed by atoms with Gasteiger partial charge in [-0.05, 0) is 36.4 Å². The molecule has 8 heteroatoms. The van der Waals surface area contributed by atoms with Gasteiger partial charge in [0.05, 0.1) is 24.9 Å². The van der Waals surface area contributed by atoms with Gasteiger partial charge in [0.1, 0.15) is 5.75 Å². The molecule has 0 atom stereocenters. The Labute approximate surface area is 148 Å². The van der Waals surface area contributed by atoms with Crippen molar-refractivity contribution >= 4 is 46.4 Å². The van der Waals surface area contributed by atoms with Crippen molar-refractivity contribution in [1.29, 1.82) is 0 Å². The number of ether oxygens (including phenoxy) is 1. The van der Waals surface area contributed by atoms with Crippen LogP contribution in [-0.4, -0.2) is 25.5 Å². The molecule has 0 aliphatic carbocycles. The number of anilines is 2. The average Bonchev–Trinajstić information content (AvgIpc) is 2.53. The maximum atomic E-state index is 12.1. The van der Waals surface area contributed by atoms with Crippen LogP contribution >= 0.6 is 23.2 Å². The molecule has 0 aliphatic rings. The van der Waals surface area contributed by atoms with Crippen molar-refractivity contribution < 1.29 is 14.3 Å². The summed E-state index contributed by atoms with van der Waals surface area (Å²) in [4.78, 5) is 23.5. The Morgan fingerprint density at radius 3 is 2.42 bits per heavy atom. The summed E-state index contributed by atoms with van der Waals surface area (Å²) in [7, 11) is 1.49. The highest BCUT2D eigenvalue weighted by molar-refractivity contribution is 6.31. The number of carbonyl (C=O) groups excluding carboxylic acids is 2. The second-order valence-corrected chi connectivity index (χ2v) is 5.67. The molecule has 2 aromatic carbocycles. The first-order valence-corrected chi connectivity index (χ1v) is 7.63. The molecular formula is C16H15Cl2N3O3. The molecule has 126 valence electrons. The Hall–Kier alpha value is -2.44. The van der Waals surface area contributed by atoms with Gasteiger partial charge in [0.2, 0.25) is 5.91 Å². The SMILES string of the molecule is COc1ccc(Cl)cc1NC(=O)CNc1ccc(Cl)cc1C(N)=O. The van der Waals surface area contributed by atoms with E-state index in [1.165, 1.54) is 13.2 Å². The molecule has 0 heterocycles. The maximum Gasteiger partial charge on any atom is 0.250 e. The van der Waals surface area contributed by atoms with Crippen molar-refractivity contribution in [2.45, 2.75) is 0 Å². The third-order valence-corrected chi connectivity index (χ3v) is 3.59. The normalized spacial score (nSPS) is 10.1. The first-order valence-electron chi connectivity index (χ1n) is 6.87. The van der Waals surface area contributed by atoms with Crippen LogP contribution in [0.2, 0.25) is 10.0 Å². The summed E-state index contributed by atoms with van der Waals surface area (Å²) < 4.78 is 5.16. The van der Waals surface area contributed by atoms with Gasteiger partial charge in [-0.2, -0.15) is 0 Å². The average molecular weight is 368 g/mol. The Bertz CT molecular complexity index is 781. The van der Waals surface area contributed by atoms with Gasteiger partial charge in [0, 0.05) is 15.7 Å². The molecule has 0 saturated carbocycles. The zero-order valence-corrected chi connectivity index (χ0v) is 14.2. The van der Waals surface area contributed by atoms with E-state index < -0.39 is 5.91 Å². The number of hydrogen-bond acceptors (Lipinski definition) is 4. The van der Waals surface area contributed by atoms with Crippen molar-refractivity contribution in [2.75, 3.05) is 24.3 Å². The first-order chi connectivity index (χ1) is 11.4. The van der Waals surface area contributed by atoms with Gasteiger partial charge in [0.25, 0.3) is 5.91 Å². The van der Waals surface area contributed by atoms with Crippen molar-refractivity contribution in [1.82, 2.24) is 0 Å². The lowest BCUT2D eigenvalue weighted by molar-refractivity contribution is -0.114. The third-order valence-electron chi connectivity index (χ3n) is 3.12. The third kappa shape index (κ3) is 4.53. The van der Waals surface area contributed by atoms with E-state index in [1.54, 1.807) is 30.3 Å². The molecule has 2 amide bonds.